The number of thioether (sulfide) groups is 1. The molecule has 2 heterocycles. The fourth-order valence-corrected chi connectivity index (χ4v) is 5.37. The van der Waals surface area contributed by atoms with Gasteiger partial charge in [-0.3, -0.25) is 9.69 Å². The number of carbonyl (C=O) groups excluding carboxylic acids is 2. The van der Waals surface area contributed by atoms with E-state index in [4.69, 9.17) is 9.47 Å². The third-order valence-corrected chi connectivity index (χ3v) is 7.09. The topological polar surface area (TPSA) is 68.2 Å². The quantitative estimate of drug-likeness (QED) is 0.513. The molecule has 0 bridgehead atoms. The van der Waals surface area contributed by atoms with E-state index in [0.29, 0.717) is 28.6 Å². The summed E-state index contributed by atoms with van der Waals surface area (Å²) in [7, 11) is 1.60. The lowest BCUT2D eigenvalue weighted by Gasteiger charge is -2.33. The van der Waals surface area contributed by atoms with Crippen LogP contribution in [0.1, 0.15) is 31.0 Å². The van der Waals surface area contributed by atoms with Crippen LogP contribution >= 0.6 is 27.7 Å². The fourth-order valence-electron chi connectivity index (χ4n) is 3.87. The molecule has 1 saturated heterocycles. The Morgan fingerprint density at radius 3 is 2.47 bits per heavy atom. The van der Waals surface area contributed by atoms with Crippen LogP contribution in [0.15, 0.2) is 69.3 Å². The highest BCUT2D eigenvalue weighted by atomic mass is 79.9. The van der Waals surface area contributed by atoms with E-state index in [1.165, 1.54) is 11.8 Å². The van der Waals surface area contributed by atoms with E-state index in [-0.39, 0.29) is 17.8 Å². The highest BCUT2D eigenvalue weighted by molar-refractivity contribution is 9.10. The molecule has 4 rings (SSSR count). The van der Waals surface area contributed by atoms with Crippen molar-refractivity contribution in [1.29, 1.82) is 0 Å². The lowest BCUT2D eigenvalue weighted by atomic mass is 9.94. The minimum Gasteiger partial charge on any atom is -0.497 e. The van der Waals surface area contributed by atoms with Crippen LogP contribution in [0.4, 0.5) is 0 Å². The number of ether oxygens (including phenoxy) is 2. The van der Waals surface area contributed by atoms with Crippen LogP contribution in [0.2, 0.25) is 0 Å². The van der Waals surface area contributed by atoms with Crippen molar-refractivity contribution in [2.75, 3.05) is 13.7 Å². The van der Waals surface area contributed by atoms with Crippen molar-refractivity contribution in [2.24, 2.45) is 4.99 Å². The molecule has 6 nitrogen and oxygen atoms in total. The van der Waals surface area contributed by atoms with E-state index in [1.54, 1.807) is 25.9 Å². The summed E-state index contributed by atoms with van der Waals surface area (Å²) in [6.45, 7) is 3.80. The van der Waals surface area contributed by atoms with E-state index < -0.39 is 12.0 Å². The van der Waals surface area contributed by atoms with Crippen LogP contribution in [0.25, 0.3) is 0 Å². The Bertz CT molecular complexity index is 1100. The lowest BCUT2D eigenvalue weighted by Crippen LogP contribution is -2.41. The van der Waals surface area contributed by atoms with Gasteiger partial charge in [0.25, 0.3) is 0 Å². The Hall–Kier alpha value is -2.58. The Morgan fingerprint density at radius 1 is 1.16 bits per heavy atom. The average Bonchev–Trinajstić information content (AvgIpc) is 3.09. The lowest BCUT2D eigenvalue weighted by molar-refractivity contribution is -0.139. The van der Waals surface area contributed by atoms with E-state index >= 15 is 0 Å². The molecule has 8 heteroatoms. The number of amidine groups is 1. The van der Waals surface area contributed by atoms with Crippen molar-refractivity contribution in [3.63, 3.8) is 0 Å². The van der Waals surface area contributed by atoms with Gasteiger partial charge < -0.3 is 9.47 Å². The van der Waals surface area contributed by atoms with Crippen molar-refractivity contribution < 1.29 is 19.1 Å². The van der Waals surface area contributed by atoms with Gasteiger partial charge in [0.1, 0.15) is 5.75 Å². The highest BCUT2D eigenvalue weighted by Crippen LogP contribution is 2.44. The molecule has 0 aromatic heterocycles. The van der Waals surface area contributed by atoms with Crippen LogP contribution < -0.4 is 4.74 Å². The zero-order valence-electron chi connectivity index (χ0n) is 18.0. The summed E-state index contributed by atoms with van der Waals surface area (Å²) in [6, 6.07) is 14.7. The van der Waals surface area contributed by atoms with E-state index in [2.05, 4.69) is 20.9 Å². The normalized spacial score (nSPS) is 20.2. The molecule has 2 aromatic rings. The second-order valence-electron chi connectivity index (χ2n) is 7.43. The molecule has 166 valence electrons. The summed E-state index contributed by atoms with van der Waals surface area (Å²) >= 11 is 4.89. The van der Waals surface area contributed by atoms with Gasteiger partial charge in [-0.1, -0.05) is 52.0 Å². The van der Waals surface area contributed by atoms with Gasteiger partial charge in [-0.15, -0.1) is 0 Å². The SMILES string of the molecule is CCOC(=O)C1=C(C)N=C2S[C@H](Cc3ccc(Br)cc3)C(=O)N2[C@H]1c1ccc(OC)cc1. The van der Waals surface area contributed by atoms with E-state index in [9.17, 15) is 9.59 Å². The molecule has 2 atom stereocenters. The third kappa shape index (κ3) is 4.34. The number of benzene rings is 2. The molecule has 32 heavy (non-hydrogen) atoms. The van der Waals surface area contributed by atoms with Crippen LogP contribution in [0.5, 0.6) is 5.75 Å². The van der Waals surface area contributed by atoms with Crippen molar-refractivity contribution in [2.45, 2.75) is 31.6 Å². The number of hydrogen-bond acceptors (Lipinski definition) is 6. The number of fused-ring (bicyclic) bond motifs is 1. The summed E-state index contributed by atoms with van der Waals surface area (Å²) in [5.41, 5.74) is 2.83. The Labute approximate surface area is 199 Å². The number of esters is 1. The first kappa shape index (κ1) is 22.6. The molecule has 0 spiro atoms. The van der Waals surface area contributed by atoms with Gasteiger partial charge >= 0.3 is 5.97 Å². The van der Waals surface area contributed by atoms with Gasteiger partial charge in [-0.25, -0.2) is 9.79 Å². The largest absolute Gasteiger partial charge is 0.497 e. The summed E-state index contributed by atoms with van der Waals surface area (Å²) in [6.07, 6.45) is 0.579. The highest BCUT2D eigenvalue weighted by Gasteiger charge is 2.47. The van der Waals surface area contributed by atoms with Gasteiger partial charge in [-0.2, -0.15) is 0 Å². The summed E-state index contributed by atoms with van der Waals surface area (Å²) in [5, 5.41) is 0.300. The van der Waals surface area contributed by atoms with Crippen molar-refractivity contribution in [3.8, 4) is 5.75 Å². The summed E-state index contributed by atoms with van der Waals surface area (Å²) in [4.78, 5) is 32.7. The maximum absolute atomic E-state index is 13.6. The molecular weight excluding hydrogens is 492 g/mol. The number of carbonyl (C=O) groups is 2. The third-order valence-electron chi connectivity index (χ3n) is 5.41. The molecule has 0 N–H and O–H groups in total. The molecule has 1 fully saturated rings. The molecule has 0 saturated carbocycles. The van der Waals surface area contributed by atoms with Crippen LogP contribution in [-0.2, 0) is 20.7 Å². The molecular formula is C24H23BrN2O4S. The van der Waals surface area contributed by atoms with Crippen LogP contribution in [-0.4, -0.2) is 40.9 Å². The maximum Gasteiger partial charge on any atom is 0.338 e. The predicted octanol–water partition coefficient (Wildman–Crippen LogP) is 4.89. The number of hydrogen-bond donors (Lipinski definition) is 0. The minimum atomic E-state index is -0.595. The zero-order valence-corrected chi connectivity index (χ0v) is 20.4. The number of methoxy groups -OCH3 is 1. The molecule has 2 aliphatic heterocycles. The van der Waals surface area contributed by atoms with Crippen molar-refractivity contribution >= 4 is 44.7 Å². The zero-order chi connectivity index (χ0) is 22.8. The van der Waals surface area contributed by atoms with Crippen molar-refractivity contribution in [1.82, 2.24) is 4.90 Å². The Morgan fingerprint density at radius 2 is 1.84 bits per heavy atom. The van der Waals surface area contributed by atoms with Gasteiger partial charge in [0.15, 0.2) is 5.17 Å². The molecule has 2 aliphatic rings. The first-order chi connectivity index (χ1) is 15.4. The second kappa shape index (κ2) is 9.50. The van der Waals surface area contributed by atoms with E-state index in [1.807, 2.05) is 48.5 Å². The monoisotopic (exact) mass is 514 g/mol. The minimum absolute atomic E-state index is 0.0632. The van der Waals surface area contributed by atoms with Crippen molar-refractivity contribution in [3.05, 3.63) is 75.4 Å². The van der Waals surface area contributed by atoms with Gasteiger partial charge in [0.05, 0.1) is 36.3 Å². The number of amides is 1. The Balaban J connectivity index is 1.71. The molecule has 0 aliphatic carbocycles. The van der Waals surface area contributed by atoms with Gasteiger partial charge in [-0.05, 0) is 55.7 Å². The molecule has 0 unspecified atom stereocenters. The number of aliphatic imine (C=N–C) groups is 1. The predicted molar refractivity (Wildman–Crippen MR) is 129 cm³/mol. The van der Waals surface area contributed by atoms with E-state index in [0.717, 1.165) is 15.6 Å². The smallest absolute Gasteiger partial charge is 0.338 e. The summed E-state index contributed by atoms with van der Waals surface area (Å²) in [5.74, 6) is 0.182. The first-order valence-electron chi connectivity index (χ1n) is 10.3. The molecule has 1 amide bonds. The van der Waals surface area contributed by atoms with Crippen LogP contribution in [0.3, 0.4) is 0 Å². The summed E-state index contributed by atoms with van der Waals surface area (Å²) < 4.78 is 11.6. The van der Waals surface area contributed by atoms with Gasteiger partial charge in [0.2, 0.25) is 5.91 Å². The first-order valence-corrected chi connectivity index (χ1v) is 11.9. The fraction of sp³-hybridized carbons (Fsp3) is 0.292. The maximum atomic E-state index is 13.6. The van der Waals surface area contributed by atoms with Crippen LogP contribution in [0, 0.1) is 0 Å². The van der Waals surface area contributed by atoms with Gasteiger partial charge in [0, 0.05) is 4.47 Å². The number of nitrogens with zero attached hydrogens (tertiary/aromatic N) is 2. The standard InChI is InChI=1S/C24H23BrN2O4S/c1-4-31-23(29)20-14(2)26-24-27(21(20)16-7-11-18(30-3)12-8-16)22(28)19(32-24)13-15-5-9-17(25)10-6-15/h5-12,19,21H,4,13H2,1-3H3/t19-,21+/m1/s1. The second-order valence-corrected chi connectivity index (χ2v) is 9.52. The molecule has 0 radical (unpaired) electrons. The number of halogens is 1. The number of rotatable bonds is 6. The number of allylic oxidation sites excluding steroid dienone is 1. The Kier molecular flexibility index (Phi) is 6.71. The molecule has 2 aromatic carbocycles. The average molecular weight is 515 g/mol.